The van der Waals surface area contributed by atoms with Crippen molar-refractivity contribution in [2.75, 3.05) is 18.8 Å². The monoisotopic (exact) mass is 432 g/mol. The first-order valence-electron chi connectivity index (χ1n) is 9.22. The first-order chi connectivity index (χ1) is 13.3. The molecule has 1 heterocycles. The van der Waals surface area contributed by atoms with E-state index in [1.807, 2.05) is 13.8 Å². The Bertz CT molecular complexity index is 883. The number of rotatable bonds is 10. The lowest BCUT2D eigenvalue weighted by atomic mass is 10.2. The molecule has 0 saturated heterocycles. The van der Waals surface area contributed by atoms with Crippen LogP contribution in [0.15, 0.2) is 34.3 Å². The summed E-state index contributed by atoms with van der Waals surface area (Å²) in [4.78, 5) is 0.175. The fraction of sp³-hybridized carbons (Fsp3) is 0.556. The van der Waals surface area contributed by atoms with Gasteiger partial charge in [0.1, 0.15) is 0 Å². The molecule has 2 rings (SSSR count). The molecule has 28 heavy (non-hydrogen) atoms. The molecule has 6 nitrogen and oxygen atoms in total. The molecule has 1 unspecified atom stereocenters. The molecule has 0 spiro atoms. The minimum Gasteiger partial charge on any atom is -0.299 e. The predicted molar refractivity (Wildman–Crippen MR) is 107 cm³/mol. The van der Waals surface area contributed by atoms with Crippen LogP contribution in [0.3, 0.4) is 0 Å². The average molecular weight is 433 g/mol. The molecule has 0 amide bonds. The fourth-order valence-electron chi connectivity index (χ4n) is 2.80. The number of alkyl halides is 2. The molecule has 10 heteroatoms. The maximum absolute atomic E-state index is 12.8. The normalized spacial score (nSPS) is 13.4. The first-order valence-corrected chi connectivity index (χ1v) is 11.6. The van der Waals surface area contributed by atoms with Crippen LogP contribution in [0, 0.1) is 0 Å². The van der Waals surface area contributed by atoms with Crippen molar-refractivity contribution < 1.29 is 17.2 Å². The van der Waals surface area contributed by atoms with E-state index in [2.05, 4.69) is 10.2 Å². The summed E-state index contributed by atoms with van der Waals surface area (Å²) in [5.41, 5.74) is 0.588. The minimum absolute atomic E-state index is 0.0202. The van der Waals surface area contributed by atoms with E-state index in [1.165, 1.54) is 4.31 Å². The van der Waals surface area contributed by atoms with Crippen LogP contribution >= 0.6 is 11.8 Å². The molecule has 1 aromatic heterocycles. The zero-order chi connectivity index (χ0) is 20.9. The molecule has 2 aromatic rings. The number of hydrogen-bond acceptors (Lipinski definition) is 5. The number of thioether (sulfide) groups is 1. The van der Waals surface area contributed by atoms with Gasteiger partial charge in [0.25, 0.3) is 0 Å². The van der Waals surface area contributed by atoms with Gasteiger partial charge in [0.15, 0.2) is 11.0 Å². The number of benzene rings is 1. The van der Waals surface area contributed by atoms with Crippen molar-refractivity contribution in [3.8, 4) is 11.4 Å². The smallest absolute Gasteiger partial charge is 0.248 e. The van der Waals surface area contributed by atoms with Gasteiger partial charge in [-0.1, -0.05) is 44.7 Å². The molecule has 0 radical (unpaired) electrons. The molecular weight excluding hydrogens is 406 g/mol. The summed E-state index contributed by atoms with van der Waals surface area (Å²) in [6.07, 6.45) is -1.69. The van der Waals surface area contributed by atoms with Crippen LogP contribution in [0.25, 0.3) is 11.4 Å². The highest BCUT2D eigenvalue weighted by Crippen LogP contribution is 2.31. The quantitative estimate of drug-likeness (QED) is 0.524. The number of nitrogens with zero attached hydrogens (tertiary/aromatic N) is 4. The van der Waals surface area contributed by atoms with E-state index in [1.54, 1.807) is 42.7 Å². The van der Waals surface area contributed by atoms with E-state index in [-0.39, 0.29) is 16.7 Å². The Kier molecular flexibility index (Phi) is 7.97. The van der Waals surface area contributed by atoms with Gasteiger partial charge in [0.2, 0.25) is 16.4 Å². The lowest BCUT2D eigenvalue weighted by molar-refractivity contribution is 0.176. The summed E-state index contributed by atoms with van der Waals surface area (Å²) in [6, 6.07) is 6.51. The van der Waals surface area contributed by atoms with Gasteiger partial charge in [-0.3, -0.25) is 4.57 Å². The van der Waals surface area contributed by atoms with Crippen molar-refractivity contribution in [3.63, 3.8) is 0 Å². The Balaban J connectivity index is 2.51. The Hall–Kier alpha value is -1.52. The molecule has 1 atom stereocenters. The van der Waals surface area contributed by atoms with E-state index in [0.29, 0.717) is 29.6 Å². The summed E-state index contributed by atoms with van der Waals surface area (Å²) >= 11 is 0.949. The van der Waals surface area contributed by atoms with E-state index in [4.69, 9.17) is 0 Å². The Labute approximate surface area is 169 Å². The van der Waals surface area contributed by atoms with Gasteiger partial charge in [0.05, 0.1) is 10.6 Å². The maximum atomic E-state index is 12.8. The van der Waals surface area contributed by atoms with Gasteiger partial charge in [-0.2, -0.15) is 4.31 Å². The summed E-state index contributed by atoms with van der Waals surface area (Å²) < 4.78 is 54.1. The maximum Gasteiger partial charge on any atom is 0.248 e. The molecule has 156 valence electrons. The zero-order valence-electron chi connectivity index (χ0n) is 16.5. The molecule has 0 aliphatic heterocycles. The Morgan fingerprint density at radius 3 is 2.43 bits per heavy atom. The van der Waals surface area contributed by atoms with Crippen LogP contribution in [0.2, 0.25) is 0 Å². The van der Waals surface area contributed by atoms with E-state index in [0.717, 1.165) is 18.2 Å². The third-order valence-electron chi connectivity index (χ3n) is 4.47. The van der Waals surface area contributed by atoms with E-state index in [9.17, 15) is 17.2 Å². The van der Waals surface area contributed by atoms with Crippen molar-refractivity contribution in [3.05, 3.63) is 24.3 Å². The summed E-state index contributed by atoms with van der Waals surface area (Å²) in [7, 11) is -3.61. The average Bonchev–Trinajstić information content (AvgIpc) is 3.10. The van der Waals surface area contributed by atoms with E-state index < -0.39 is 16.4 Å². The van der Waals surface area contributed by atoms with Crippen LogP contribution in [0.4, 0.5) is 8.78 Å². The van der Waals surface area contributed by atoms with Crippen molar-refractivity contribution >= 4 is 21.8 Å². The van der Waals surface area contributed by atoms with Crippen molar-refractivity contribution in [2.45, 2.75) is 56.6 Å². The molecule has 0 fully saturated rings. The van der Waals surface area contributed by atoms with Crippen molar-refractivity contribution in [1.29, 1.82) is 0 Å². The van der Waals surface area contributed by atoms with Gasteiger partial charge in [-0.15, -0.1) is 10.2 Å². The van der Waals surface area contributed by atoms with Crippen LogP contribution in [-0.4, -0.2) is 52.8 Å². The molecule has 0 aliphatic carbocycles. The van der Waals surface area contributed by atoms with Crippen LogP contribution in [-0.2, 0) is 10.0 Å². The zero-order valence-corrected chi connectivity index (χ0v) is 18.1. The number of sulfonamides is 1. The number of hydrogen-bond donors (Lipinski definition) is 0. The SMILES string of the molecule is CCC(C)n1c(SCC(F)F)nnc1-c1cccc(S(=O)(=O)N(CC)CC)c1. The Morgan fingerprint density at radius 1 is 1.18 bits per heavy atom. The van der Waals surface area contributed by atoms with Crippen molar-refractivity contribution in [2.24, 2.45) is 0 Å². The second kappa shape index (κ2) is 9.80. The third-order valence-corrected chi connectivity index (χ3v) is 7.47. The summed E-state index contributed by atoms with van der Waals surface area (Å²) in [5.74, 6) is 0.105. The summed E-state index contributed by atoms with van der Waals surface area (Å²) in [6.45, 7) is 8.27. The largest absolute Gasteiger partial charge is 0.299 e. The predicted octanol–water partition coefficient (Wildman–Crippen LogP) is 4.30. The Morgan fingerprint density at radius 2 is 1.86 bits per heavy atom. The van der Waals surface area contributed by atoms with Crippen molar-refractivity contribution in [1.82, 2.24) is 19.1 Å². The molecule has 0 N–H and O–H groups in total. The third kappa shape index (κ3) is 4.90. The lowest BCUT2D eigenvalue weighted by Crippen LogP contribution is -2.30. The molecular formula is C18H26F2N4O2S2. The molecule has 0 saturated carbocycles. The number of halogens is 2. The highest BCUT2D eigenvalue weighted by molar-refractivity contribution is 7.99. The van der Waals surface area contributed by atoms with Gasteiger partial charge in [0, 0.05) is 24.7 Å². The highest BCUT2D eigenvalue weighted by Gasteiger charge is 2.24. The molecule has 1 aromatic carbocycles. The van der Waals surface area contributed by atoms with E-state index >= 15 is 0 Å². The minimum atomic E-state index is -3.61. The summed E-state index contributed by atoms with van der Waals surface area (Å²) in [5, 5.41) is 8.66. The van der Waals surface area contributed by atoms with Gasteiger partial charge < -0.3 is 0 Å². The highest BCUT2D eigenvalue weighted by atomic mass is 32.2. The molecule has 0 aliphatic rings. The van der Waals surface area contributed by atoms with Gasteiger partial charge in [-0.25, -0.2) is 17.2 Å². The lowest BCUT2D eigenvalue weighted by Gasteiger charge is -2.19. The second-order valence-electron chi connectivity index (χ2n) is 6.25. The van der Waals surface area contributed by atoms with Gasteiger partial charge >= 0.3 is 0 Å². The van der Waals surface area contributed by atoms with Crippen LogP contribution < -0.4 is 0 Å². The first kappa shape index (κ1) is 22.8. The number of aromatic nitrogens is 3. The fourth-order valence-corrected chi connectivity index (χ4v) is 5.08. The molecule has 0 bridgehead atoms. The van der Waals surface area contributed by atoms with Crippen LogP contribution in [0.1, 0.15) is 40.2 Å². The van der Waals surface area contributed by atoms with Crippen LogP contribution in [0.5, 0.6) is 0 Å². The topological polar surface area (TPSA) is 68.1 Å². The standard InChI is InChI=1S/C18H26F2N4O2S2/c1-5-13(4)24-17(21-22-18(24)27-12-16(19)20)14-9-8-10-15(11-14)28(25,26)23(6-2)7-3/h8-11,13,16H,5-7,12H2,1-4H3. The van der Waals surface area contributed by atoms with Gasteiger partial charge in [-0.05, 0) is 25.5 Å². The second-order valence-corrected chi connectivity index (χ2v) is 9.18.